The summed E-state index contributed by atoms with van der Waals surface area (Å²) in [6, 6.07) is 1.87. The minimum Gasteiger partial charge on any atom is -0.330 e. The van der Waals surface area contributed by atoms with Crippen LogP contribution >= 0.6 is 15.9 Å². The van der Waals surface area contributed by atoms with Gasteiger partial charge in [-0.15, -0.1) is 0 Å². The Morgan fingerprint density at radius 2 is 2.38 bits per heavy atom. The first-order valence-electron chi connectivity index (χ1n) is 5.21. The van der Waals surface area contributed by atoms with Crippen molar-refractivity contribution in [3.8, 4) is 0 Å². The van der Waals surface area contributed by atoms with Gasteiger partial charge >= 0.3 is 0 Å². The normalized spacial score (nSPS) is 12.2. The summed E-state index contributed by atoms with van der Waals surface area (Å²) in [5.41, 5.74) is 7.20. The van der Waals surface area contributed by atoms with E-state index in [0.29, 0.717) is 12.2 Å². The molecule has 0 fully saturated rings. The first kappa shape index (κ1) is 13.1. The molecule has 1 rings (SSSR count). The van der Waals surface area contributed by atoms with Gasteiger partial charge in [0, 0.05) is 6.54 Å². The van der Waals surface area contributed by atoms with Crippen molar-refractivity contribution < 1.29 is 4.79 Å². The largest absolute Gasteiger partial charge is 0.330 e. The zero-order chi connectivity index (χ0) is 12.1. The number of nitrogens with zero attached hydrogens (tertiary/aromatic N) is 1. The van der Waals surface area contributed by atoms with Crippen molar-refractivity contribution in [1.82, 2.24) is 4.98 Å². The molecule has 4 nitrogen and oxygen atoms in total. The molecule has 5 heteroatoms. The number of rotatable bonds is 4. The highest BCUT2D eigenvalue weighted by Crippen LogP contribution is 2.17. The minimum atomic E-state index is -0.135. The number of aryl methyl sites for hydroxylation is 1. The van der Waals surface area contributed by atoms with Crippen LogP contribution in [0.4, 0.5) is 5.69 Å². The fourth-order valence-corrected chi connectivity index (χ4v) is 1.55. The highest BCUT2D eigenvalue weighted by molar-refractivity contribution is 9.10. The highest BCUT2D eigenvalue weighted by Gasteiger charge is 2.14. The molecule has 1 aromatic heterocycles. The number of hydrogen-bond donors (Lipinski definition) is 2. The Labute approximate surface area is 104 Å². The van der Waals surface area contributed by atoms with Crippen molar-refractivity contribution in [1.29, 1.82) is 0 Å². The summed E-state index contributed by atoms with van der Waals surface area (Å²) in [6.07, 6.45) is 2.36. The number of carbonyl (C=O) groups is 1. The lowest BCUT2D eigenvalue weighted by Gasteiger charge is -2.12. The Bertz CT molecular complexity index is 377. The zero-order valence-electron chi connectivity index (χ0n) is 9.46. The maximum Gasteiger partial charge on any atom is 0.228 e. The number of pyridine rings is 1. The first-order valence-corrected chi connectivity index (χ1v) is 6.00. The number of nitrogens with one attached hydrogen (secondary N) is 1. The molecule has 0 spiro atoms. The molecule has 1 heterocycles. The van der Waals surface area contributed by atoms with E-state index < -0.39 is 0 Å². The number of anilines is 1. The maximum absolute atomic E-state index is 11.7. The zero-order valence-corrected chi connectivity index (χ0v) is 11.0. The van der Waals surface area contributed by atoms with Gasteiger partial charge in [0.1, 0.15) is 4.60 Å². The van der Waals surface area contributed by atoms with Crippen LogP contribution in [0.2, 0.25) is 0 Å². The lowest BCUT2D eigenvalue weighted by atomic mass is 10.1. The van der Waals surface area contributed by atoms with Crippen LogP contribution in [0.15, 0.2) is 16.9 Å². The van der Waals surface area contributed by atoms with Gasteiger partial charge < -0.3 is 11.1 Å². The molecule has 0 aromatic carbocycles. The van der Waals surface area contributed by atoms with E-state index in [1.165, 1.54) is 0 Å². The van der Waals surface area contributed by atoms with E-state index in [1.54, 1.807) is 6.20 Å². The summed E-state index contributed by atoms with van der Waals surface area (Å²) in [5, 5.41) is 2.81. The molecular formula is C11H16BrN3O. The van der Waals surface area contributed by atoms with E-state index in [1.807, 2.05) is 19.9 Å². The van der Waals surface area contributed by atoms with Gasteiger partial charge in [0.2, 0.25) is 5.91 Å². The topological polar surface area (TPSA) is 68.0 Å². The average molecular weight is 286 g/mol. The van der Waals surface area contributed by atoms with Gasteiger partial charge in [-0.2, -0.15) is 0 Å². The van der Waals surface area contributed by atoms with Crippen LogP contribution in [0.25, 0.3) is 0 Å². The van der Waals surface area contributed by atoms with Crippen LogP contribution in [0, 0.1) is 12.8 Å². The van der Waals surface area contributed by atoms with E-state index in [-0.39, 0.29) is 11.8 Å². The Kier molecular flexibility index (Phi) is 4.89. The molecule has 1 atom stereocenters. The maximum atomic E-state index is 11.7. The van der Waals surface area contributed by atoms with Crippen molar-refractivity contribution >= 4 is 27.5 Å². The Hall–Kier alpha value is -0.940. The molecule has 16 heavy (non-hydrogen) atoms. The van der Waals surface area contributed by atoms with Gasteiger partial charge in [0.25, 0.3) is 0 Å². The summed E-state index contributed by atoms with van der Waals surface area (Å²) in [4.78, 5) is 15.9. The van der Waals surface area contributed by atoms with Gasteiger partial charge in [0.05, 0.1) is 17.8 Å². The first-order chi connectivity index (χ1) is 7.58. The molecule has 0 radical (unpaired) electrons. The van der Waals surface area contributed by atoms with Crippen LogP contribution in [0.1, 0.15) is 18.9 Å². The number of amides is 1. The summed E-state index contributed by atoms with van der Waals surface area (Å²) in [6.45, 7) is 4.24. The quantitative estimate of drug-likeness (QED) is 0.833. The van der Waals surface area contributed by atoms with Gasteiger partial charge in [0.15, 0.2) is 0 Å². The molecule has 0 saturated carbocycles. The molecule has 0 bridgehead atoms. The number of carbonyl (C=O) groups excluding carboxylic acids is 1. The van der Waals surface area contributed by atoms with Crippen molar-refractivity contribution in [2.24, 2.45) is 11.7 Å². The van der Waals surface area contributed by atoms with Crippen molar-refractivity contribution in [3.63, 3.8) is 0 Å². The van der Waals surface area contributed by atoms with Crippen LogP contribution in [-0.2, 0) is 4.79 Å². The predicted molar refractivity (Wildman–Crippen MR) is 68.1 cm³/mol. The molecule has 0 saturated heterocycles. The Morgan fingerprint density at radius 1 is 1.69 bits per heavy atom. The van der Waals surface area contributed by atoms with Crippen LogP contribution in [0.3, 0.4) is 0 Å². The van der Waals surface area contributed by atoms with Crippen LogP contribution in [-0.4, -0.2) is 17.4 Å². The van der Waals surface area contributed by atoms with Crippen molar-refractivity contribution in [2.75, 3.05) is 11.9 Å². The van der Waals surface area contributed by atoms with Crippen molar-refractivity contribution in [3.05, 3.63) is 22.4 Å². The van der Waals surface area contributed by atoms with Gasteiger partial charge in [-0.1, -0.05) is 6.92 Å². The van der Waals surface area contributed by atoms with E-state index in [4.69, 9.17) is 5.73 Å². The minimum absolute atomic E-state index is 0.0477. The fourth-order valence-electron chi connectivity index (χ4n) is 1.33. The van der Waals surface area contributed by atoms with E-state index in [0.717, 1.165) is 16.6 Å². The fraction of sp³-hybridized carbons (Fsp3) is 0.455. The van der Waals surface area contributed by atoms with Gasteiger partial charge in [-0.25, -0.2) is 4.98 Å². The number of aromatic nitrogens is 1. The van der Waals surface area contributed by atoms with E-state index in [9.17, 15) is 4.79 Å². The third kappa shape index (κ3) is 3.28. The standard InChI is InChI=1S/C11H16BrN3O/c1-3-8(5-13)11(16)15-9-4-7(2)10(12)14-6-9/h4,6,8H,3,5,13H2,1-2H3,(H,15,16). The summed E-state index contributed by atoms with van der Waals surface area (Å²) in [7, 11) is 0. The molecule has 0 aliphatic carbocycles. The van der Waals surface area contributed by atoms with Crippen LogP contribution in [0.5, 0.6) is 0 Å². The SMILES string of the molecule is CCC(CN)C(=O)Nc1cnc(Br)c(C)c1. The second-order valence-corrected chi connectivity index (χ2v) is 4.41. The summed E-state index contributed by atoms with van der Waals surface area (Å²) >= 11 is 3.31. The molecular weight excluding hydrogens is 270 g/mol. The van der Waals surface area contributed by atoms with Gasteiger partial charge in [-0.3, -0.25) is 4.79 Å². The monoisotopic (exact) mass is 285 g/mol. The van der Waals surface area contributed by atoms with Crippen LogP contribution < -0.4 is 11.1 Å². The summed E-state index contributed by atoms with van der Waals surface area (Å²) < 4.78 is 0.788. The van der Waals surface area contributed by atoms with E-state index in [2.05, 4.69) is 26.2 Å². The molecule has 0 aliphatic heterocycles. The number of hydrogen-bond acceptors (Lipinski definition) is 3. The third-order valence-corrected chi connectivity index (χ3v) is 3.26. The number of nitrogens with two attached hydrogens (primary N) is 1. The average Bonchev–Trinajstić information content (AvgIpc) is 2.25. The molecule has 0 aliphatic rings. The molecule has 3 N–H and O–H groups in total. The third-order valence-electron chi connectivity index (χ3n) is 2.43. The Balaban J connectivity index is 2.73. The molecule has 88 valence electrons. The predicted octanol–water partition coefficient (Wildman–Crippen LogP) is 2.08. The lowest BCUT2D eigenvalue weighted by Crippen LogP contribution is -2.28. The van der Waals surface area contributed by atoms with Gasteiger partial charge in [-0.05, 0) is 40.9 Å². The summed E-state index contributed by atoms with van der Waals surface area (Å²) in [5.74, 6) is -0.183. The second kappa shape index (κ2) is 5.96. The molecule has 1 unspecified atom stereocenters. The number of halogens is 1. The smallest absolute Gasteiger partial charge is 0.228 e. The second-order valence-electron chi connectivity index (χ2n) is 3.66. The highest BCUT2D eigenvalue weighted by atomic mass is 79.9. The van der Waals surface area contributed by atoms with E-state index >= 15 is 0 Å². The molecule has 1 aromatic rings. The molecule has 1 amide bonds. The Morgan fingerprint density at radius 3 is 2.88 bits per heavy atom. The van der Waals surface area contributed by atoms with Crippen molar-refractivity contribution in [2.45, 2.75) is 20.3 Å². The lowest BCUT2D eigenvalue weighted by molar-refractivity contribution is -0.119.